The zero-order valence-electron chi connectivity index (χ0n) is 18.6. The Balaban J connectivity index is 1.71. The van der Waals surface area contributed by atoms with E-state index in [0.717, 1.165) is 9.13 Å². The van der Waals surface area contributed by atoms with E-state index in [4.69, 9.17) is 4.74 Å². The first kappa shape index (κ1) is 23.5. The third-order valence-electron chi connectivity index (χ3n) is 5.10. The number of nitrogens with zero attached hydrogens (tertiary/aromatic N) is 4. The first-order chi connectivity index (χ1) is 16.9. The van der Waals surface area contributed by atoms with E-state index < -0.39 is 35.5 Å². The highest BCUT2D eigenvalue weighted by Crippen LogP contribution is 2.16. The van der Waals surface area contributed by atoms with Crippen molar-refractivity contribution in [2.24, 2.45) is 0 Å². The Bertz CT molecular complexity index is 1530. The summed E-state index contributed by atoms with van der Waals surface area (Å²) < 4.78 is 20.2. The topological polar surface area (TPSA) is 125 Å². The lowest BCUT2D eigenvalue weighted by Gasteiger charge is -2.14. The largest absolute Gasteiger partial charge is 0.462 e. The average molecular weight is 477 g/mol. The van der Waals surface area contributed by atoms with Crippen molar-refractivity contribution in [1.82, 2.24) is 19.1 Å². The van der Waals surface area contributed by atoms with Gasteiger partial charge in [-0.15, -0.1) is 0 Å². The van der Waals surface area contributed by atoms with Gasteiger partial charge in [0.2, 0.25) is 5.91 Å². The number of carbonyl (C=O) groups excluding carboxylic acids is 2. The number of amides is 1. The summed E-state index contributed by atoms with van der Waals surface area (Å²) in [5.41, 5.74) is -0.776. The van der Waals surface area contributed by atoms with Gasteiger partial charge >= 0.3 is 11.7 Å². The van der Waals surface area contributed by atoms with Crippen LogP contribution in [0.2, 0.25) is 0 Å². The molecule has 4 aromatic rings. The molecule has 0 unspecified atom stereocenters. The SMILES string of the molecule is CCOC(=O)c1ccccc1NC(=O)Cn1c(=O)n(Cc2ccc(F)cc2)c(=O)c2nccnc21. The molecule has 0 atom stereocenters. The molecule has 0 bridgehead atoms. The van der Waals surface area contributed by atoms with Crippen molar-refractivity contribution < 1.29 is 18.7 Å². The molecule has 0 radical (unpaired) electrons. The van der Waals surface area contributed by atoms with Crippen LogP contribution in [0.4, 0.5) is 10.1 Å². The summed E-state index contributed by atoms with van der Waals surface area (Å²) in [6, 6.07) is 11.6. The maximum Gasteiger partial charge on any atom is 0.340 e. The molecule has 0 fully saturated rings. The van der Waals surface area contributed by atoms with Gasteiger partial charge in [-0.25, -0.2) is 23.9 Å². The lowest BCUT2D eigenvalue weighted by molar-refractivity contribution is -0.116. The van der Waals surface area contributed by atoms with Gasteiger partial charge in [-0.1, -0.05) is 24.3 Å². The van der Waals surface area contributed by atoms with Crippen LogP contribution >= 0.6 is 0 Å². The van der Waals surface area contributed by atoms with Crippen LogP contribution in [-0.2, 0) is 22.6 Å². The Hall–Kier alpha value is -4.67. The van der Waals surface area contributed by atoms with E-state index in [9.17, 15) is 23.6 Å². The van der Waals surface area contributed by atoms with Crippen molar-refractivity contribution in [3.05, 3.63) is 98.7 Å². The Morgan fingerprint density at radius 2 is 1.71 bits per heavy atom. The molecular formula is C24H20FN5O5. The van der Waals surface area contributed by atoms with Crippen molar-refractivity contribution in [2.75, 3.05) is 11.9 Å². The minimum atomic E-state index is -0.791. The molecule has 0 aliphatic rings. The number of fused-ring (bicyclic) bond motifs is 1. The van der Waals surface area contributed by atoms with Crippen LogP contribution in [0.15, 0.2) is 70.5 Å². The monoisotopic (exact) mass is 477 g/mol. The number of hydrogen-bond acceptors (Lipinski definition) is 7. The number of ether oxygens (including phenoxy) is 1. The van der Waals surface area contributed by atoms with Gasteiger partial charge in [0, 0.05) is 12.4 Å². The maximum atomic E-state index is 13.3. The van der Waals surface area contributed by atoms with E-state index in [1.165, 1.54) is 48.8 Å². The fourth-order valence-corrected chi connectivity index (χ4v) is 3.50. The number of aromatic nitrogens is 4. The zero-order valence-corrected chi connectivity index (χ0v) is 18.6. The number of hydrogen-bond donors (Lipinski definition) is 1. The molecule has 2 aromatic carbocycles. The molecule has 35 heavy (non-hydrogen) atoms. The van der Waals surface area contributed by atoms with Crippen molar-refractivity contribution >= 4 is 28.7 Å². The summed E-state index contributed by atoms with van der Waals surface area (Å²) in [4.78, 5) is 59.4. The molecule has 0 aliphatic heterocycles. The van der Waals surface area contributed by atoms with Crippen LogP contribution in [-0.4, -0.2) is 37.6 Å². The fraction of sp³-hybridized carbons (Fsp3) is 0.167. The lowest BCUT2D eigenvalue weighted by atomic mass is 10.2. The molecule has 0 saturated heterocycles. The van der Waals surface area contributed by atoms with Crippen molar-refractivity contribution in [1.29, 1.82) is 0 Å². The summed E-state index contributed by atoms with van der Waals surface area (Å²) in [5.74, 6) is -1.70. The predicted octanol–water partition coefficient (Wildman–Crippen LogP) is 1.96. The number of benzene rings is 2. The number of rotatable bonds is 7. The molecule has 4 rings (SSSR count). The maximum absolute atomic E-state index is 13.3. The second-order valence-electron chi connectivity index (χ2n) is 7.43. The summed E-state index contributed by atoms with van der Waals surface area (Å²) in [6.07, 6.45) is 2.60. The minimum absolute atomic E-state index is 0.0633. The quantitative estimate of drug-likeness (QED) is 0.403. The molecule has 1 N–H and O–H groups in total. The van der Waals surface area contributed by atoms with Crippen molar-refractivity contribution in [3.8, 4) is 0 Å². The molecule has 10 nitrogen and oxygen atoms in total. The average Bonchev–Trinajstić information content (AvgIpc) is 2.86. The molecular weight excluding hydrogens is 457 g/mol. The molecule has 0 saturated carbocycles. The third kappa shape index (κ3) is 4.98. The number of esters is 1. The van der Waals surface area contributed by atoms with Gasteiger partial charge in [0.25, 0.3) is 5.56 Å². The van der Waals surface area contributed by atoms with Crippen LogP contribution in [0.5, 0.6) is 0 Å². The van der Waals surface area contributed by atoms with Crippen LogP contribution in [0.25, 0.3) is 11.2 Å². The smallest absolute Gasteiger partial charge is 0.340 e. The van der Waals surface area contributed by atoms with E-state index in [-0.39, 0.29) is 35.6 Å². The van der Waals surface area contributed by atoms with Gasteiger partial charge in [0.1, 0.15) is 12.4 Å². The standard InChI is InChI=1S/C24H20FN5O5/c1-2-35-23(33)17-5-3-4-6-18(17)28-19(31)14-29-21-20(26-11-12-27-21)22(32)30(24(29)34)13-15-7-9-16(25)10-8-15/h3-12H,2,13-14H2,1H3,(H,28,31). The molecule has 11 heteroatoms. The molecule has 178 valence electrons. The first-order valence-corrected chi connectivity index (χ1v) is 10.6. The van der Waals surface area contributed by atoms with Crippen molar-refractivity contribution in [2.45, 2.75) is 20.0 Å². The predicted molar refractivity (Wildman–Crippen MR) is 125 cm³/mol. The highest BCUT2D eigenvalue weighted by Gasteiger charge is 2.19. The summed E-state index contributed by atoms with van der Waals surface area (Å²) in [5, 5.41) is 2.60. The number of anilines is 1. The van der Waals surface area contributed by atoms with Crippen LogP contribution in [0, 0.1) is 5.82 Å². The molecule has 2 aromatic heterocycles. The summed E-state index contributed by atoms with van der Waals surface area (Å²) >= 11 is 0. The fourth-order valence-electron chi connectivity index (χ4n) is 3.50. The Labute approximate surface area is 197 Å². The highest BCUT2D eigenvalue weighted by atomic mass is 19.1. The first-order valence-electron chi connectivity index (χ1n) is 10.6. The molecule has 0 spiro atoms. The van der Waals surface area contributed by atoms with E-state index in [1.807, 2.05) is 0 Å². The van der Waals surface area contributed by atoms with Gasteiger partial charge in [-0.3, -0.25) is 18.7 Å². The zero-order chi connectivity index (χ0) is 24.9. The van der Waals surface area contributed by atoms with E-state index in [1.54, 1.807) is 19.1 Å². The van der Waals surface area contributed by atoms with Crippen molar-refractivity contribution in [3.63, 3.8) is 0 Å². The van der Waals surface area contributed by atoms with Gasteiger partial charge in [-0.05, 0) is 36.8 Å². The van der Waals surface area contributed by atoms with E-state index in [2.05, 4.69) is 15.3 Å². The minimum Gasteiger partial charge on any atom is -0.462 e. The summed E-state index contributed by atoms with van der Waals surface area (Å²) in [6.45, 7) is 1.17. The number of nitrogens with one attached hydrogen (secondary N) is 1. The lowest BCUT2D eigenvalue weighted by Crippen LogP contribution is -2.42. The van der Waals surface area contributed by atoms with Crippen LogP contribution in [0.3, 0.4) is 0 Å². The van der Waals surface area contributed by atoms with E-state index >= 15 is 0 Å². The summed E-state index contributed by atoms with van der Waals surface area (Å²) in [7, 11) is 0. The Kier molecular flexibility index (Phi) is 6.76. The number of carbonyl (C=O) groups is 2. The third-order valence-corrected chi connectivity index (χ3v) is 5.10. The van der Waals surface area contributed by atoms with Crippen LogP contribution in [0.1, 0.15) is 22.8 Å². The van der Waals surface area contributed by atoms with Gasteiger partial charge in [-0.2, -0.15) is 0 Å². The molecule has 1 amide bonds. The molecule has 2 heterocycles. The second kappa shape index (κ2) is 10.1. The van der Waals surface area contributed by atoms with Gasteiger partial charge in [0.05, 0.1) is 24.4 Å². The van der Waals surface area contributed by atoms with Gasteiger partial charge in [0.15, 0.2) is 11.2 Å². The van der Waals surface area contributed by atoms with E-state index in [0.29, 0.717) is 5.56 Å². The van der Waals surface area contributed by atoms with Gasteiger partial charge < -0.3 is 10.1 Å². The normalized spacial score (nSPS) is 10.8. The number of para-hydroxylation sites is 1. The number of halogens is 1. The highest BCUT2D eigenvalue weighted by molar-refractivity contribution is 6.01. The Morgan fingerprint density at radius 3 is 2.46 bits per heavy atom. The van der Waals surface area contributed by atoms with Crippen LogP contribution < -0.4 is 16.6 Å². The second-order valence-corrected chi connectivity index (χ2v) is 7.43. The molecule has 0 aliphatic carbocycles. The Morgan fingerprint density at radius 1 is 1.00 bits per heavy atom.